The molecule has 2 saturated heterocycles. The van der Waals surface area contributed by atoms with Gasteiger partial charge in [0.1, 0.15) is 11.5 Å². The first-order chi connectivity index (χ1) is 11.1. The van der Waals surface area contributed by atoms with Crippen LogP contribution >= 0.6 is 0 Å². The van der Waals surface area contributed by atoms with Crippen molar-refractivity contribution in [3.05, 3.63) is 23.8 Å². The summed E-state index contributed by atoms with van der Waals surface area (Å²) in [5.74, 6) is 1.26. The molecule has 2 aliphatic heterocycles. The number of carbonyl (C=O) groups is 2. The van der Waals surface area contributed by atoms with Gasteiger partial charge in [-0.05, 0) is 31.4 Å². The van der Waals surface area contributed by atoms with E-state index in [1.54, 1.807) is 32.4 Å². The number of amides is 2. The Morgan fingerprint density at radius 1 is 1.17 bits per heavy atom. The summed E-state index contributed by atoms with van der Waals surface area (Å²) in [6, 6.07) is 5.22. The van der Waals surface area contributed by atoms with Gasteiger partial charge in [0.05, 0.1) is 19.8 Å². The Labute approximate surface area is 135 Å². The summed E-state index contributed by atoms with van der Waals surface area (Å²) in [5, 5.41) is 3.09. The summed E-state index contributed by atoms with van der Waals surface area (Å²) in [6.07, 6.45) is 3.09. The number of benzene rings is 1. The normalized spacial score (nSPS) is 19.6. The van der Waals surface area contributed by atoms with Gasteiger partial charge in [0.2, 0.25) is 5.91 Å². The summed E-state index contributed by atoms with van der Waals surface area (Å²) < 4.78 is 10.5. The number of ether oxygens (including phenoxy) is 2. The Hall–Kier alpha value is -2.24. The average molecular weight is 318 g/mol. The minimum Gasteiger partial charge on any atom is -0.497 e. The van der Waals surface area contributed by atoms with E-state index in [1.807, 2.05) is 4.90 Å². The van der Waals surface area contributed by atoms with Crippen LogP contribution in [0.2, 0.25) is 0 Å². The van der Waals surface area contributed by atoms with Crippen molar-refractivity contribution in [2.24, 2.45) is 0 Å². The number of piperidine rings is 1. The largest absolute Gasteiger partial charge is 0.497 e. The Balaban J connectivity index is 1.71. The molecular weight excluding hydrogens is 296 g/mol. The van der Waals surface area contributed by atoms with Gasteiger partial charge < -0.3 is 19.7 Å². The van der Waals surface area contributed by atoms with E-state index in [0.29, 0.717) is 36.6 Å². The molecule has 0 radical (unpaired) electrons. The SMILES string of the molecule is COc1ccc(C(=O)N2CCC3(CCC(=O)N3)CC2)c(OC)c1. The summed E-state index contributed by atoms with van der Waals surface area (Å²) in [6.45, 7) is 1.29. The van der Waals surface area contributed by atoms with Crippen molar-refractivity contribution in [3.63, 3.8) is 0 Å². The number of rotatable bonds is 3. The second-order valence-electron chi connectivity index (χ2n) is 6.19. The van der Waals surface area contributed by atoms with Gasteiger partial charge in [0.25, 0.3) is 5.91 Å². The van der Waals surface area contributed by atoms with Gasteiger partial charge in [0, 0.05) is 31.1 Å². The molecule has 6 heteroatoms. The van der Waals surface area contributed by atoms with Gasteiger partial charge in [-0.1, -0.05) is 0 Å². The number of likely N-dealkylation sites (tertiary alicyclic amines) is 1. The van der Waals surface area contributed by atoms with Crippen molar-refractivity contribution in [1.82, 2.24) is 10.2 Å². The molecule has 0 saturated carbocycles. The fourth-order valence-corrected chi connectivity index (χ4v) is 3.43. The van der Waals surface area contributed by atoms with Crippen LogP contribution in [-0.2, 0) is 4.79 Å². The molecular formula is C17H22N2O4. The molecule has 2 fully saturated rings. The lowest BCUT2D eigenvalue weighted by molar-refractivity contribution is -0.120. The molecule has 2 heterocycles. The molecule has 0 aliphatic carbocycles. The third-order valence-electron chi connectivity index (χ3n) is 4.88. The highest BCUT2D eigenvalue weighted by Gasteiger charge is 2.41. The van der Waals surface area contributed by atoms with Gasteiger partial charge in [-0.2, -0.15) is 0 Å². The van der Waals surface area contributed by atoms with Crippen molar-refractivity contribution < 1.29 is 19.1 Å². The first-order valence-electron chi connectivity index (χ1n) is 7.89. The van der Waals surface area contributed by atoms with Gasteiger partial charge in [-0.15, -0.1) is 0 Å². The second-order valence-corrected chi connectivity index (χ2v) is 6.19. The maximum Gasteiger partial charge on any atom is 0.257 e. The monoisotopic (exact) mass is 318 g/mol. The third-order valence-corrected chi connectivity index (χ3v) is 4.88. The minimum absolute atomic E-state index is 0.0383. The fourth-order valence-electron chi connectivity index (χ4n) is 3.43. The zero-order valence-corrected chi connectivity index (χ0v) is 13.6. The topological polar surface area (TPSA) is 67.9 Å². The highest BCUT2D eigenvalue weighted by Crippen LogP contribution is 2.33. The standard InChI is InChI=1S/C17H22N2O4/c1-22-12-3-4-13(14(11-12)23-2)16(21)19-9-7-17(8-10-19)6-5-15(20)18-17/h3-4,11H,5-10H2,1-2H3,(H,18,20). The van der Waals surface area contributed by atoms with E-state index in [1.165, 1.54) is 0 Å². The first kappa shape index (κ1) is 15.6. The minimum atomic E-state index is -0.0993. The molecule has 3 rings (SSSR count). The van der Waals surface area contributed by atoms with Crippen LogP contribution in [0.15, 0.2) is 18.2 Å². The van der Waals surface area contributed by atoms with E-state index >= 15 is 0 Å². The number of hydrogen-bond donors (Lipinski definition) is 1. The maximum absolute atomic E-state index is 12.8. The van der Waals surface area contributed by atoms with Crippen LogP contribution in [0.5, 0.6) is 11.5 Å². The second kappa shape index (κ2) is 6.10. The third kappa shape index (κ3) is 2.98. The van der Waals surface area contributed by atoms with Gasteiger partial charge in [-0.25, -0.2) is 0 Å². The number of nitrogens with one attached hydrogen (secondary N) is 1. The lowest BCUT2D eigenvalue weighted by Gasteiger charge is -2.39. The van der Waals surface area contributed by atoms with Crippen LogP contribution in [0.1, 0.15) is 36.0 Å². The summed E-state index contributed by atoms with van der Waals surface area (Å²) in [5.41, 5.74) is 0.442. The molecule has 1 spiro atoms. The van der Waals surface area contributed by atoms with Gasteiger partial charge in [-0.3, -0.25) is 9.59 Å². The Bertz CT molecular complexity index is 621. The van der Waals surface area contributed by atoms with E-state index in [0.717, 1.165) is 19.3 Å². The first-order valence-corrected chi connectivity index (χ1v) is 7.89. The molecule has 6 nitrogen and oxygen atoms in total. The Kier molecular flexibility index (Phi) is 4.15. The van der Waals surface area contributed by atoms with Crippen molar-refractivity contribution in [3.8, 4) is 11.5 Å². The Morgan fingerprint density at radius 3 is 2.48 bits per heavy atom. The van der Waals surface area contributed by atoms with Crippen LogP contribution in [-0.4, -0.2) is 49.6 Å². The molecule has 1 aromatic carbocycles. The van der Waals surface area contributed by atoms with Crippen LogP contribution in [0, 0.1) is 0 Å². The highest BCUT2D eigenvalue weighted by molar-refractivity contribution is 5.97. The summed E-state index contributed by atoms with van der Waals surface area (Å²) >= 11 is 0. The van der Waals surface area contributed by atoms with Crippen molar-refractivity contribution in [2.75, 3.05) is 27.3 Å². The average Bonchev–Trinajstić information content (AvgIpc) is 2.94. The number of hydrogen-bond acceptors (Lipinski definition) is 4. The van der Waals surface area contributed by atoms with Crippen LogP contribution < -0.4 is 14.8 Å². The van der Waals surface area contributed by atoms with E-state index in [2.05, 4.69) is 5.32 Å². The fraction of sp³-hybridized carbons (Fsp3) is 0.529. The lowest BCUT2D eigenvalue weighted by Crippen LogP contribution is -2.52. The molecule has 124 valence electrons. The van der Waals surface area contributed by atoms with Crippen molar-refractivity contribution >= 4 is 11.8 Å². The van der Waals surface area contributed by atoms with E-state index in [4.69, 9.17) is 9.47 Å². The zero-order valence-electron chi connectivity index (χ0n) is 13.6. The molecule has 2 amide bonds. The molecule has 0 unspecified atom stereocenters. The van der Waals surface area contributed by atoms with Gasteiger partial charge in [0.15, 0.2) is 0 Å². The molecule has 1 N–H and O–H groups in total. The number of carbonyl (C=O) groups excluding carboxylic acids is 2. The van der Waals surface area contributed by atoms with E-state index in [9.17, 15) is 9.59 Å². The zero-order chi connectivity index (χ0) is 16.4. The molecule has 0 aromatic heterocycles. The molecule has 0 bridgehead atoms. The smallest absolute Gasteiger partial charge is 0.257 e. The van der Waals surface area contributed by atoms with Crippen molar-refractivity contribution in [2.45, 2.75) is 31.2 Å². The summed E-state index contributed by atoms with van der Waals surface area (Å²) in [4.78, 5) is 26.1. The number of nitrogens with zero attached hydrogens (tertiary/aromatic N) is 1. The quantitative estimate of drug-likeness (QED) is 0.919. The predicted molar refractivity (Wildman–Crippen MR) is 84.8 cm³/mol. The predicted octanol–water partition coefficient (Wildman–Crippen LogP) is 1.59. The van der Waals surface area contributed by atoms with Crippen molar-refractivity contribution in [1.29, 1.82) is 0 Å². The van der Waals surface area contributed by atoms with E-state index in [-0.39, 0.29) is 17.4 Å². The van der Waals surface area contributed by atoms with Crippen LogP contribution in [0.4, 0.5) is 0 Å². The molecule has 0 atom stereocenters. The molecule has 2 aliphatic rings. The van der Waals surface area contributed by atoms with Gasteiger partial charge >= 0.3 is 0 Å². The van der Waals surface area contributed by atoms with Crippen LogP contribution in [0.25, 0.3) is 0 Å². The molecule has 23 heavy (non-hydrogen) atoms. The highest BCUT2D eigenvalue weighted by atomic mass is 16.5. The maximum atomic E-state index is 12.8. The van der Waals surface area contributed by atoms with E-state index < -0.39 is 0 Å². The molecule has 1 aromatic rings. The number of methoxy groups -OCH3 is 2. The summed E-state index contributed by atoms with van der Waals surface area (Å²) in [7, 11) is 3.13. The van der Waals surface area contributed by atoms with Crippen LogP contribution in [0.3, 0.4) is 0 Å². The Morgan fingerprint density at radius 2 is 1.91 bits per heavy atom. The lowest BCUT2D eigenvalue weighted by atomic mass is 9.86.